The number of aliphatic hydroxyl groups is 2. The molecule has 0 aromatic heterocycles. The fourth-order valence-electron chi connectivity index (χ4n) is 1.29. The van der Waals surface area contributed by atoms with Gasteiger partial charge in [0, 0.05) is 10.9 Å². The van der Waals surface area contributed by atoms with E-state index in [4.69, 9.17) is 11.6 Å². The highest BCUT2D eigenvalue weighted by Crippen LogP contribution is 2.38. The second-order valence-corrected chi connectivity index (χ2v) is 4.40. The number of alkyl halides is 4. The van der Waals surface area contributed by atoms with Gasteiger partial charge in [-0.3, -0.25) is 0 Å². The normalized spacial score (nSPS) is 15.7. The molecule has 0 aliphatic carbocycles. The second-order valence-electron chi connectivity index (χ2n) is 3.37. The quantitative estimate of drug-likeness (QED) is 0.834. The highest BCUT2D eigenvalue weighted by molar-refractivity contribution is 9.09. The van der Waals surface area contributed by atoms with E-state index in [9.17, 15) is 23.4 Å². The first-order chi connectivity index (χ1) is 7.79. The molecule has 7 heteroatoms. The van der Waals surface area contributed by atoms with E-state index in [1.165, 1.54) is 6.07 Å². The lowest BCUT2D eigenvalue weighted by Crippen LogP contribution is -2.20. The van der Waals surface area contributed by atoms with Crippen molar-refractivity contribution in [1.29, 1.82) is 0 Å². The molecule has 0 aliphatic heterocycles. The van der Waals surface area contributed by atoms with Crippen LogP contribution in [0.5, 0.6) is 0 Å². The lowest BCUT2D eigenvalue weighted by molar-refractivity contribution is -0.137. The maximum Gasteiger partial charge on any atom is 0.417 e. The van der Waals surface area contributed by atoms with Crippen LogP contribution in [0.4, 0.5) is 13.2 Å². The Balaban J connectivity index is 3.19. The molecule has 0 bridgehead atoms. The molecular weight excluding hydrogens is 324 g/mol. The van der Waals surface area contributed by atoms with Crippen molar-refractivity contribution in [2.24, 2.45) is 0 Å². The van der Waals surface area contributed by atoms with Crippen molar-refractivity contribution in [3.63, 3.8) is 0 Å². The van der Waals surface area contributed by atoms with Crippen molar-refractivity contribution >= 4 is 27.5 Å². The summed E-state index contributed by atoms with van der Waals surface area (Å²) in [7, 11) is 0. The van der Waals surface area contributed by atoms with Crippen LogP contribution in [0.1, 0.15) is 17.2 Å². The van der Waals surface area contributed by atoms with Crippen molar-refractivity contribution in [3.8, 4) is 0 Å². The minimum absolute atomic E-state index is 0.0285. The van der Waals surface area contributed by atoms with Crippen LogP contribution in [0.25, 0.3) is 0 Å². The molecule has 2 N–H and O–H groups in total. The zero-order valence-corrected chi connectivity index (χ0v) is 10.7. The Bertz CT molecular complexity index is 398. The van der Waals surface area contributed by atoms with Crippen molar-refractivity contribution in [1.82, 2.24) is 0 Å². The van der Waals surface area contributed by atoms with Gasteiger partial charge in [0.1, 0.15) is 6.10 Å². The maximum atomic E-state index is 12.5. The Morgan fingerprint density at radius 2 is 1.88 bits per heavy atom. The van der Waals surface area contributed by atoms with Crippen molar-refractivity contribution in [2.75, 3.05) is 5.33 Å². The van der Waals surface area contributed by atoms with Gasteiger partial charge in [0.05, 0.1) is 16.7 Å². The van der Waals surface area contributed by atoms with Gasteiger partial charge in [-0.25, -0.2) is 0 Å². The molecule has 0 amide bonds. The summed E-state index contributed by atoms with van der Waals surface area (Å²) in [6.07, 6.45) is -7.29. The minimum Gasteiger partial charge on any atom is -0.389 e. The standard InChI is InChI=1S/C10H9BrClF3O2/c11-4-7(16)9(17)5-2-1-3-6(8(5)12)10(13,14)15/h1-3,7,9,16-17H,4H2. The molecule has 0 saturated heterocycles. The summed E-state index contributed by atoms with van der Waals surface area (Å²) in [5.74, 6) is 0. The van der Waals surface area contributed by atoms with Crippen LogP contribution in [0.2, 0.25) is 5.02 Å². The van der Waals surface area contributed by atoms with Crippen LogP contribution < -0.4 is 0 Å². The molecule has 96 valence electrons. The first-order valence-electron chi connectivity index (χ1n) is 4.56. The molecule has 1 aromatic carbocycles. The smallest absolute Gasteiger partial charge is 0.389 e. The van der Waals surface area contributed by atoms with Crippen LogP contribution >= 0.6 is 27.5 Å². The highest BCUT2D eigenvalue weighted by Gasteiger charge is 2.35. The van der Waals surface area contributed by atoms with Gasteiger partial charge in [-0.2, -0.15) is 13.2 Å². The number of rotatable bonds is 3. The van der Waals surface area contributed by atoms with E-state index < -0.39 is 29.0 Å². The third kappa shape index (κ3) is 3.34. The lowest BCUT2D eigenvalue weighted by atomic mass is 10.0. The van der Waals surface area contributed by atoms with Gasteiger partial charge in [0.25, 0.3) is 0 Å². The van der Waals surface area contributed by atoms with Crippen molar-refractivity contribution < 1.29 is 23.4 Å². The van der Waals surface area contributed by atoms with Crippen LogP contribution in [0.15, 0.2) is 18.2 Å². The van der Waals surface area contributed by atoms with Gasteiger partial charge in [0.15, 0.2) is 0 Å². The number of benzene rings is 1. The molecule has 2 atom stereocenters. The molecule has 1 rings (SSSR count). The van der Waals surface area contributed by atoms with Crippen molar-refractivity contribution in [2.45, 2.75) is 18.4 Å². The summed E-state index contributed by atoms with van der Waals surface area (Å²) < 4.78 is 37.6. The first kappa shape index (κ1) is 14.8. The first-order valence-corrected chi connectivity index (χ1v) is 6.06. The zero-order valence-electron chi connectivity index (χ0n) is 8.38. The highest BCUT2D eigenvalue weighted by atomic mass is 79.9. The van der Waals surface area contributed by atoms with E-state index >= 15 is 0 Å². The zero-order chi connectivity index (χ0) is 13.2. The van der Waals surface area contributed by atoms with Gasteiger partial charge in [-0.05, 0) is 6.07 Å². The predicted molar refractivity (Wildman–Crippen MR) is 61.2 cm³/mol. The average Bonchev–Trinajstić information content (AvgIpc) is 2.25. The molecule has 1 aromatic rings. The fourth-order valence-corrected chi connectivity index (χ4v) is 1.99. The van der Waals surface area contributed by atoms with Gasteiger partial charge in [-0.1, -0.05) is 39.7 Å². The topological polar surface area (TPSA) is 40.5 Å². The number of hydrogen-bond acceptors (Lipinski definition) is 2. The SMILES string of the molecule is OC(CBr)C(O)c1cccc(C(F)(F)F)c1Cl. The number of halogens is 5. The Labute approximate surface area is 109 Å². The summed E-state index contributed by atoms with van der Waals surface area (Å²) in [4.78, 5) is 0. The summed E-state index contributed by atoms with van der Waals surface area (Å²) in [6.45, 7) is 0. The molecular formula is C10H9BrClF3O2. The largest absolute Gasteiger partial charge is 0.417 e. The third-order valence-corrected chi connectivity index (χ3v) is 3.26. The van der Waals surface area contributed by atoms with E-state index in [0.717, 1.165) is 12.1 Å². The predicted octanol–water partition coefficient (Wildman–Crippen LogP) is 3.15. The monoisotopic (exact) mass is 332 g/mol. The average molecular weight is 334 g/mol. The Hall–Kier alpha value is -0.300. The van der Waals surface area contributed by atoms with Crippen LogP contribution in [0.3, 0.4) is 0 Å². The van der Waals surface area contributed by atoms with Crippen LogP contribution in [0, 0.1) is 0 Å². The summed E-state index contributed by atoms with van der Waals surface area (Å²) in [6, 6.07) is 3.20. The molecule has 0 fully saturated rings. The lowest BCUT2D eigenvalue weighted by Gasteiger charge is -2.19. The summed E-state index contributed by atoms with van der Waals surface area (Å²) >= 11 is 8.50. The van der Waals surface area contributed by atoms with Gasteiger partial charge in [0.2, 0.25) is 0 Å². The molecule has 0 spiro atoms. The second kappa shape index (κ2) is 5.56. The van der Waals surface area contributed by atoms with Crippen LogP contribution in [-0.2, 0) is 6.18 Å². The third-order valence-electron chi connectivity index (χ3n) is 2.18. The summed E-state index contributed by atoms with van der Waals surface area (Å²) in [5, 5.41) is 18.4. The van der Waals surface area contributed by atoms with E-state index in [2.05, 4.69) is 15.9 Å². The van der Waals surface area contributed by atoms with Gasteiger partial charge in [-0.15, -0.1) is 0 Å². The van der Waals surface area contributed by atoms with E-state index in [-0.39, 0.29) is 10.9 Å². The number of hydrogen-bond donors (Lipinski definition) is 2. The van der Waals surface area contributed by atoms with Gasteiger partial charge >= 0.3 is 6.18 Å². The molecule has 0 heterocycles. The van der Waals surface area contributed by atoms with Crippen molar-refractivity contribution in [3.05, 3.63) is 34.3 Å². The Kier molecular flexibility index (Phi) is 4.83. The van der Waals surface area contributed by atoms with E-state index in [0.29, 0.717) is 0 Å². The minimum atomic E-state index is -4.59. The number of aliphatic hydroxyl groups excluding tert-OH is 2. The molecule has 0 saturated carbocycles. The molecule has 0 aliphatic rings. The Morgan fingerprint density at radius 3 is 2.35 bits per heavy atom. The van der Waals surface area contributed by atoms with E-state index in [1.54, 1.807) is 0 Å². The molecule has 2 nitrogen and oxygen atoms in total. The maximum absolute atomic E-state index is 12.5. The van der Waals surface area contributed by atoms with E-state index in [1.807, 2.05) is 0 Å². The molecule has 0 radical (unpaired) electrons. The molecule has 17 heavy (non-hydrogen) atoms. The Morgan fingerprint density at radius 1 is 1.29 bits per heavy atom. The fraction of sp³-hybridized carbons (Fsp3) is 0.400. The summed E-state index contributed by atoms with van der Waals surface area (Å²) in [5.41, 5.74) is -1.18. The van der Waals surface area contributed by atoms with Crippen LogP contribution in [-0.4, -0.2) is 21.6 Å². The molecule has 2 unspecified atom stereocenters. The van der Waals surface area contributed by atoms with Gasteiger partial charge < -0.3 is 10.2 Å².